The van der Waals surface area contributed by atoms with Crippen LogP contribution in [-0.2, 0) is 5.88 Å². The van der Waals surface area contributed by atoms with Crippen LogP contribution < -0.4 is 4.74 Å². The number of halogens is 1. The summed E-state index contributed by atoms with van der Waals surface area (Å²) in [6.07, 6.45) is 0. The minimum absolute atomic E-state index is 0.0363. The fourth-order valence-corrected chi connectivity index (χ4v) is 2.10. The standard InChI is InChI=1S/C15H14ClNO3/c1-10-4-3-5-13(17(18)19)15(10)20-14-7-6-12(9-16)8-11(14)2/h3-8H,9H2,1-2H3. The van der Waals surface area contributed by atoms with Crippen molar-refractivity contribution in [3.05, 3.63) is 63.2 Å². The second kappa shape index (κ2) is 5.92. The Kier molecular flexibility index (Phi) is 4.25. The SMILES string of the molecule is Cc1cc(CCl)ccc1Oc1c(C)cccc1[N+](=O)[O-]. The van der Waals surface area contributed by atoms with E-state index in [1.54, 1.807) is 25.1 Å². The number of para-hydroxylation sites is 1. The number of ether oxygens (including phenoxy) is 1. The number of nitrogens with zero attached hydrogens (tertiary/aromatic N) is 1. The average Bonchev–Trinajstić information content (AvgIpc) is 2.42. The maximum absolute atomic E-state index is 11.1. The van der Waals surface area contributed by atoms with E-state index in [1.807, 2.05) is 19.1 Å². The third-order valence-electron chi connectivity index (χ3n) is 2.99. The molecule has 2 rings (SSSR count). The van der Waals surface area contributed by atoms with Crippen molar-refractivity contribution in [3.8, 4) is 11.5 Å². The largest absolute Gasteiger partial charge is 0.450 e. The number of nitro groups is 1. The average molecular weight is 292 g/mol. The Labute approximate surface area is 122 Å². The van der Waals surface area contributed by atoms with Crippen LogP contribution in [0.4, 0.5) is 5.69 Å². The summed E-state index contributed by atoms with van der Waals surface area (Å²) in [4.78, 5) is 10.6. The lowest BCUT2D eigenvalue weighted by atomic mass is 10.1. The molecule has 0 saturated carbocycles. The molecular weight excluding hydrogens is 278 g/mol. The van der Waals surface area contributed by atoms with Crippen molar-refractivity contribution in [2.75, 3.05) is 0 Å². The van der Waals surface area contributed by atoms with E-state index in [2.05, 4.69) is 0 Å². The highest BCUT2D eigenvalue weighted by molar-refractivity contribution is 6.17. The Morgan fingerprint density at radius 2 is 1.95 bits per heavy atom. The van der Waals surface area contributed by atoms with E-state index in [-0.39, 0.29) is 11.4 Å². The van der Waals surface area contributed by atoms with Crippen LogP contribution in [0.5, 0.6) is 11.5 Å². The minimum atomic E-state index is -0.440. The van der Waals surface area contributed by atoms with Crippen molar-refractivity contribution in [1.29, 1.82) is 0 Å². The van der Waals surface area contributed by atoms with E-state index in [1.165, 1.54) is 6.07 Å². The molecule has 4 nitrogen and oxygen atoms in total. The van der Waals surface area contributed by atoms with Crippen LogP contribution in [0.2, 0.25) is 0 Å². The molecule has 0 aromatic heterocycles. The van der Waals surface area contributed by atoms with Gasteiger partial charge in [0.1, 0.15) is 5.75 Å². The van der Waals surface area contributed by atoms with Crippen LogP contribution in [0.3, 0.4) is 0 Å². The Bertz CT molecular complexity index is 656. The summed E-state index contributed by atoms with van der Waals surface area (Å²) >= 11 is 5.77. The topological polar surface area (TPSA) is 52.4 Å². The number of benzene rings is 2. The van der Waals surface area contributed by atoms with Gasteiger partial charge in [-0.25, -0.2) is 0 Å². The molecule has 0 aliphatic carbocycles. The predicted octanol–water partition coefficient (Wildman–Crippen LogP) is 4.74. The summed E-state index contributed by atoms with van der Waals surface area (Å²) in [5.41, 5.74) is 2.56. The smallest absolute Gasteiger partial charge is 0.311 e. The van der Waals surface area contributed by atoms with Gasteiger partial charge in [-0.1, -0.05) is 24.3 Å². The van der Waals surface area contributed by atoms with E-state index in [9.17, 15) is 10.1 Å². The zero-order valence-corrected chi connectivity index (χ0v) is 12.0. The summed E-state index contributed by atoms with van der Waals surface area (Å²) in [5, 5.41) is 11.1. The van der Waals surface area contributed by atoms with Crippen LogP contribution >= 0.6 is 11.6 Å². The molecule has 0 spiro atoms. The molecule has 0 bridgehead atoms. The molecule has 0 N–H and O–H groups in total. The fraction of sp³-hybridized carbons (Fsp3) is 0.200. The molecule has 0 amide bonds. The van der Waals surface area contributed by atoms with Crippen molar-refractivity contribution in [2.45, 2.75) is 19.7 Å². The van der Waals surface area contributed by atoms with E-state index < -0.39 is 4.92 Å². The normalized spacial score (nSPS) is 10.3. The third kappa shape index (κ3) is 2.91. The predicted molar refractivity (Wildman–Crippen MR) is 78.6 cm³/mol. The molecule has 0 saturated heterocycles. The Morgan fingerprint density at radius 1 is 1.20 bits per heavy atom. The minimum Gasteiger partial charge on any atom is -0.450 e. The number of nitro benzene ring substituents is 1. The Balaban J connectivity index is 2.42. The maximum Gasteiger partial charge on any atom is 0.311 e. The number of hydrogen-bond donors (Lipinski definition) is 0. The van der Waals surface area contributed by atoms with Crippen LogP contribution in [0, 0.1) is 24.0 Å². The summed E-state index contributed by atoms with van der Waals surface area (Å²) < 4.78 is 5.75. The quantitative estimate of drug-likeness (QED) is 0.464. The monoisotopic (exact) mass is 291 g/mol. The molecule has 104 valence electrons. The second-order valence-corrected chi connectivity index (χ2v) is 4.78. The molecule has 0 aliphatic rings. The van der Waals surface area contributed by atoms with Gasteiger partial charge in [-0.15, -0.1) is 11.6 Å². The lowest BCUT2D eigenvalue weighted by Gasteiger charge is -2.11. The molecule has 0 heterocycles. The van der Waals surface area contributed by atoms with Gasteiger partial charge in [-0.05, 0) is 36.6 Å². The van der Waals surface area contributed by atoms with Gasteiger partial charge < -0.3 is 4.74 Å². The summed E-state index contributed by atoms with van der Waals surface area (Å²) in [5.74, 6) is 1.29. The molecule has 2 aromatic rings. The van der Waals surface area contributed by atoms with Crippen LogP contribution in [-0.4, -0.2) is 4.92 Å². The van der Waals surface area contributed by atoms with Crippen LogP contribution in [0.1, 0.15) is 16.7 Å². The number of aryl methyl sites for hydroxylation is 2. The molecule has 0 radical (unpaired) electrons. The second-order valence-electron chi connectivity index (χ2n) is 4.52. The first-order valence-electron chi connectivity index (χ1n) is 6.10. The van der Waals surface area contributed by atoms with E-state index >= 15 is 0 Å². The van der Waals surface area contributed by atoms with Crippen molar-refractivity contribution >= 4 is 17.3 Å². The van der Waals surface area contributed by atoms with Gasteiger partial charge in [0, 0.05) is 11.9 Å². The fourth-order valence-electron chi connectivity index (χ4n) is 1.93. The summed E-state index contributed by atoms with van der Waals surface area (Å²) in [6.45, 7) is 3.67. The highest BCUT2D eigenvalue weighted by Gasteiger charge is 2.18. The zero-order valence-electron chi connectivity index (χ0n) is 11.2. The van der Waals surface area contributed by atoms with Gasteiger partial charge in [0.2, 0.25) is 5.75 Å². The van der Waals surface area contributed by atoms with E-state index in [0.717, 1.165) is 16.7 Å². The van der Waals surface area contributed by atoms with Gasteiger partial charge >= 0.3 is 5.69 Å². The van der Waals surface area contributed by atoms with Crippen molar-refractivity contribution in [1.82, 2.24) is 0 Å². The summed E-state index contributed by atoms with van der Waals surface area (Å²) in [7, 11) is 0. The van der Waals surface area contributed by atoms with Crippen LogP contribution in [0.25, 0.3) is 0 Å². The van der Waals surface area contributed by atoms with Gasteiger partial charge in [-0.3, -0.25) is 10.1 Å². The zero-order chi connectivity index (χ0) is 14.7. The lowest BCUT2D eigenvalue weighted by Crippen LogP contribution is -1.97. The lowest BCUT2D eigenvalue weighted by molar-refractivity contribution is -0.385. The van der Waals surface area contributed by atoms with Gasteiger partial charge in [0.05, 0.1) is 4.92 Å². The van der Waals surface area contributed by atoms with Gasteiger partial charge in [-0.2, -0.15) is 0 Å². The molecule has 20 heavy (non-hydrogen) atoms. The van der Waals surface area contributed by atoms with Crippen molar-refractivity contribution in [3.63, 3.8) is 0 Å². The van der Waals surface area contributed by atoms with E-state index in [4.69, 9.17) is 16.3 Å². The Morgan fingerprint density at radius 3 is 2.55 bits per heavy atom. The molecule has 0 atom stereocenters. The molecule has 5 heteroatoms. The van der Waals surface area contributed by atoms with Crippen LogP contribution in [0.15, 0.2) is 36.4 Å². The molecular formula is C15H14ClNO3. The number of alkyl halides is 1. The molecule has 0 fully saturated rings. The highest BCUT2D eigenvalue weighted by Crippen LogP contribution is 2.35. The Hall–Kier alpha value is -2.07. The van der Waals surface area contributed by atoms with Gasteiger partial charge in [0.15, 0.2) is 0 Å². The molecule has 0 unspecified atom stereocenters. The first kappa shape index (κ1) is 14.3. The third-order valence-corrected chi connectivity index (χ3v) is 3.30. The number of hydrogen-bond acceptors (Lipinski definition) is 3. The first-order chi connectivity index (χ1) is 9.52. The molecule has 0 aliphatic heterocycles. The molecule has 2 aromatic carbocycles. The summed E-state index contributed by atoms with van der Waals surface area (Å²) in [6, 6.07) is 10.4. The van der Waals surface area contributed by atoms with E-state index in [0.29, 0.717) is 11.6 Å². The van der Waals surface area contributed by atoms with Crippen molar-refractivity contribution in [2.24, 2.45) is 0 Å². The highest BCUT2D eigenvalue weighted by atomic mass is 35.5. The number of rotatable bonds is 4. The maximum atomic E-state index is 11.1. The van der Waals surface area contributed by atoms with Gasteiger partial charge in [0.25, 0.3) is 0 Å². The van der Waals surface area contributed by atoms with Crippen molar-refractivity contribution < 1.29 is 9.66 Å². The first-order valence-corrected chi connectivity index (χ1v) is 6.63.